The number of rotatable bonds is 6. The lowest BCUT2D eigenvalue weighted by molar-refractivity contribution is 0.0526. The standard InChI is InChI=1S/C23H21FN2O4S/c1-3-30-23(27)18-8-12-20(13-9-18)25-22(17-6-10-19(24)11-7-17)26-31(28,29)21-14-4-16(2)5-15-21/h4-15H,3H2,1-2H3,(H,25,26). The number of aryl methyl sites for hydroxylation is 1. The highest BCUT2D eigenvalue weighted by molar-refractivity contribution is 7.90. The van der Waals surface area contributed by atoms with E-state index in [-0.39, 0.29) is 17.3 Å². The molecule has 3 aromatic rings. The van der Waals surface area contributed by atoms with Crippen LogP contribution in [0, 0.1) is 12.7 Å². The normalized spacial score (nSPS) is 11.8. The van der Waals surface area contributed by atoms with Crippen LogP contribution in [0.3, 0.4) is 0 Å². The molecule has 0 saturated heterocycles. The van der Waals surface area contributed by atoms with Crippen molar-refractivity contribution in [1.82, 2.24) is 0 Å². The van der Waals surface area contributed by atoms with E-state index in [9.17, 15) is 17.6 Å². The number of sulfonamides is 1. The molecule has 31 heavy (non-hydrogen) atoms. The Labute approximate surface area is 180 Å². The van der Waals surface area contributed by atoms with Gasteiger partial charge >= 0.3 is 5.97 Å². The van der Waals surface area contributed by atoms with E-state index in [1.165, 1.54) is 36.4 Å². The van der Waals surface area contributed by atoms with Crippen LogP contribution in [-0.2, 0) is 14.8 Å². The van der Waals surface area contributed by atoms with Gasteiger partial charge in [-0.05, 0) is 74.5 Å². The summed E-state index contributed by atoms with van der Waals surface area (Å²) in [4.78, 5) is 11.9. The minimum Gasteiger partial charge on any atom is -0.462 e. The maximum Gasteiger partial charge on any atom is 0.338 e. The minimum absolute atomic E-state index is 0.0180. The molecule has 1 N–H and O–H groups in total. The smallest absolute Gasteiger partial charge is 0.338 e. The Morgan fingerprint density at radius 1 is 0.935 bits per heavy atom. The average Bonchev–Trinajstić information content (AvgIpc) is 2.75. The largest absolute Gasteiger partial charge is 0.462 e. The van der Waals surface area contributed by atoms with E-state index >= 15 is 0 Å². The molecule has 0 aliphatic carbocycles. The summed E-state index contributed by atoms with van der Waals surface area (Å²) in [5.74, 6) is -0.892. The monoisotopic (exact) mass is 440 g/mol. The summed E-state index contributed by atoms with van der Waals surface area (Å²) >= 11 is 0. The van der Waals surface area contributed by atoms with E-state index in [4.69, 9.17) is 4.74 Å². The second kappa shape index (κ2) is 9.53. The molecule has 0 amide bonds. The second-order valence-electron chi connectivity index (χ2n) is 6.66. The van der Waals surface area contributed by atoms with Crippen molar-refractivity contribution in [3.63, 3.8) is 0 Å². The third-order valence-electron chi connectivity index (χ3n) is 4.31. The van der Waals surface area contributed by atoms with Gasteiger partial charge in [0.15, 0.2) is 5.84 Å². The zero-order valence-electron chi connectivity index (χ0n) is 17.0. The van der Waals surface area contributed by atoms with Crippen LogP contribution < -0.4 is 5.32 Å². The van der Waals surface area contributed by atoms with Gasteiger partial charge in [0.05, 0.1) is 17.1 Å². The van der Waals surface area contributed by atoms with E-state index in [2.05, 4.69) is 9.71 Å². The van der Waals surface area contributed by atoms with Gasteiger partial charge in [-0.3, -0.25) is 0 Å². The van der Waals surface area contributed by atoms with Crippen LogP contribution in [0.1, 0.15) is 28.4 Å². The van der Waals surface area contributed by atoms with E-state index in [1.807, 2.05) is 6.92 Å². The zero-order valence-corrected chi connectivity index (χ0v) is 17.8. The van der Waals surface area contributed by atoms with Crippen LogP contribution in [0.15, 0.2) is 82.1 Å². The average molecular weight is 440 g/mol. The zero-order chi connectivity index (χ0) is 22.4. The molecule has 3 rings (SSSR count). The number of carbonyl (C=O) groups is 1. The molecule has 0 heterocycles. The molecular formula is C23H21FN2O4S. The molecule has 0 unspecified atom stereocenters. The summed E-state index contributed by atoms with van der Waals surface area (Å²) in [5, 5.41) is 2.95. The van der Waals surface area contributed by atoms with Crippen LogP contribution >= 0.6 is 0 Å². The summed E-state index contributed by atoms with van der Waals surface area (Å²) in [7, 11) is -4.03. The van der Waals surface area contributed by atoms with Crippen molar-refractivity contribution in [1.29, 1.82) is 0 Å². The minimum atomic E-state index is -4.03. The molecule has 0 aromatic heterocycles. The number of hydrogen-bond acceptors (Lipinski definition) is 4. The quantitative estimate of drug-likeness (QED) is 0.345. The molecule has 0 spiro atoms. The Morgan fingerprint density at radius 3 is 2.10 bits per heavy atom. The van der Waals surface area contributed by atoms with Crippen LogP contribution in [0.5, 0.6) is 0 Å². The maximum atomic E-state index is 13.4. The van der Waals surface area contributed by atoms with E-state index in [0.717, 1.165) is 5.56 Å². The molecule has 0 saturated carbocycles. The van der Waals surface area contributed by atoms with Gasteiger partial charge in [0.2, 0.25) is 0 Å². The SMILES string of the molecule is CCOC(=O)c1ccc(N/C(=N\S(=O)(=O)c2ccc(C)cc2)c2ccc(F)cc2)cc1. The first kappa shape index (κ1) is 22.2. The Morgan fingerprint density at radius 2 is 1.52 bits per heavy atom. The first-order valence-electron chi connectivity index (χ1n) is 9.50. The lowest BCUT2D eigenvalue weighted by Crippen LogP contribution is -2.16. The highest BCUT2D eigenvalue weighted by atomic mass is 32.2. The van der Waals surface area contributed by atoms with Crippen LogP contribution in [0.2, 0.25) is 0 Å². The number of carbonyl (C=O) groups excluding carboxylic acids is 1. The number of esters is 1. The first-order chi connectivity index (χ1) is 14.8. The fraction of sp³-hybridized carbons (Fsp3) is 0.130. The molecule has 160 valence electrons. The maximum absolute atomic E-state index is 13.4. The van der Waals surface area contributed by atoms with Crippen molar-refractivity contribution in [2.45, 2.75) is 18.7 Å². The number of halogens is 1. The van der Waals surface area contributed by atoms with Crippen LogP contribution in [0.25, 0.3) is 0 Å². The summed E-state index contributed by atoms with van der Waals surface area (Å²) in [6, 6.07) is 17.9. The van der Waals surface area contributed by atoms with Crippen molar-refractivity contribution in [3.05, 3.63) is 95.3 Å². The predicted molar refractivity (Wildman–Crippen MR) is 117 cm³/mol. The van der Waals surface area contributed by atoms with Gasteiger partial charge < -0.3 is 10.1 Å². The number of nitrogens with zero attached hydrogens (tertiary/aromatic N) is 1. The Hall–Kier alpha value is -3.52. The molecule has 6 nitrogen and oxygen atoms in total. The van der Waals surface area contributed by atoms with Gasteiger partial charge in [-0.1, -0.05) is 17.7 Å². The molecular weight excluding hydrogens is 419 g/mol. The molecule has 0 fully saturated rings. The van der Waals surface area contributed by atoms with Crippen molar-refractivity contribution in [2.24, 2.45) is 4.40 Å². The third-order valence-corrected chi connectivity index (χ3v) is 5.60. The van der Waals surface area contributed by atoms with Gasteiger partial charge in [-0.2, -0.15) is 8.42 Å². The van der Waals surface area contributed by atoms with Crippen LogP contribution in [0.4, 0.5) is 10.1 Å². The van der Waals surface area contributed by atoms with Crippen LogP contribution in [-0.4, -0.2) is 26.8 Å². The van der Waals surface area contributed by atoms with Gasteiger partial charge in [-0.25, -0.2) is 9.18 Å². The lowest BCUT2D eigenvalue weighted by atomic mass is 10.1. The molecule has 0 radical (unpaired) electrons. The van der Waals surface area contributed by atoms with Gasteiger partial charge in [0.1, 0.15) is 5.82 Å². The summed E-state index contributed by atoms with van der Waals surface area (Å²) in [5.41, 5.74) is 2.16. The summed E-state index contributed by atoms with van der Waals surface area (Å²) < 4.78 is 48.0. The molecule has 8 heteroatoms. The Balaban J connectivity index is 1.97. The number of hydrogen-bond donors (Lipinski definition) is 1. The van der Waals surface area contributed by atoms with Gasteiger partial charge in [-0.15, -0.1) is 4.40 Å². The number of nitrogens with one attached hydrogen (secondary N) is 1. The molecule has 0 aliphatic heterocycles. The Bertz CT molecular complexity index is 1190. The number of amidine groups is 1. The third kappa shape index (κ3) is 5.76. The molecule has 0 aliphatic rings. The highest BCUT2D eigenvalue weighted by Gasteiger charge is 2.16. The number of ether oxygens (including phenoxy) is 1. The number of benzene rings is 3. The fourth-order valence-corrected chi connectivity index (χ4v) is 3.66. The van der Waals surface area contributed by atoms with E-state index in [0.29, 0.717) is 16.8 Å². The number of anilines is 1. The predicted octanol–water partition coefficient (Wildman–Crippen LogP) is 4.56. The summed E-state index contributed by atoms with van der Waals surface area (Å²) in [6.07, 6.45) is 0. The van der Waals surface area contributed by atoms with Crippen molar-refractivity contribution < 1.29 is 22.3 Å². The second-order valence-corrected chi connectivity index (χ2v) is 8.26. The van der Waals surface area contributed by atoms with E-state index in [1.54, 1.807) is 43.3 Å². The highest BCUT2D eigenvalue weighted by Crippen LogP contribution is 2.18. The van der Waals surface area contributed by atoms with Crippen molar-refractivity contribution in [2.75, 3.05) is 11.9 Å². The topological polar surface area (TPSA) is 84.8 Å². The van der Waals surface area contributed by atoms with Crippen molar-refractivity contribution in [3.8, 4) is 0 Å². The van der Waals surface area contributed by atoms with Crippen molar-refractivity contribution >= 4 is 27.5 Å². The Kier molecular flexibility index (Phi) is 6.81. The fourth-order valence-electron chi connectivity index (χ4n) is 2.68. The lowest BCUT2D eigenvalue weighted by Gasteiger charge is -2.11. The van der Waals surface area contributed by atoms with E-state index < -0.39 is 21.8 Å². The van der Waals surface area contributed by atoms with Gasteiger partial charge in [0, 0.05) is 11.3 Å². The molecule has 3 aromatic carbocycles. The first-order valence-corrected chi connectivity index (χ1v) is 10.9. The molecule has 0 bridgehead atoms. The summed E-state index contributed by atoms with van der Waals surface area (Å²) in [6.45, 7) is 3.83. The molecule has 0 atom stereocenters. The van der Waals surface area contributed by atoms with Gasteiger partial charge in [0.25, 0.3) is 10.0 Å².